The number of nitrogens with zero attached hydrogens (tertiary/aromatic N) is 2. The van der Waals surface area contributed by atoms with Gasteiger partial charge in [-0.15, -0.1) is 12.4 Å². The average molecular weight is 458 g/mol. The lowest BCUT2D eigenvalue weighted by Crippen LogP contribution is -2.25. The molecule has 0 radical (unpaired) electrons. The summed E-state index contributed by atoms with van der Waals surface area (Å²) in [4.78, 5) is 2.64. The first kappa shape index (κ1) is 21.6. The molecule has 31 heavy (non-hydrogen) atoms. The Balaban J connectivity index is 0.00000231. The van der Waals surface area contributed by atoms with Crippen LogP contribution in [0.4, 0.5) is 0 Å². The second-order valence-electron chi connectivity index (χ2n) is 7.61. The van der Waals surface area contributed by atoms with E-state index >= 15 is 0 Å². The fraction of sp³-hybridized carbons (Fsp3) is 0.261. The topological polar surface area (TPSA) is 75.3 Å². The Hall–Kier alpha value is -2.61. The van der Waals surface area contributed by atoms with E-state index in [1.165, 1.54) is 12.8 Å². The highest BCUT2D eigenvalue weighted by atomic mass is 35.5. The van der Waals surface area contributed by atoms with Crippen LogP contribution in [0.2, 0.25) is 0 Å². The molecule has 0 aliphatic carbocycles. The monoisotopic (exact) mass is 457 g/mol. The molecule has 4 aromatic rings. The van der Waals surface area contributed by atoms with E-state index in [4.69, 9.17) is 4.74 Å². The summed E-state index contributed by atoms with van der Waals surface area (Å²) in [6.07, 6.45) is 2.49. The number of hydrogen-bond acceptors (Lipinski definition) is 5. The minimum Gasteiger partial charge on any atom is -0.492 e. The number of halogens is 1. The first-order valence-electron chi connectivity index (χ1n) is 10.2. The second kappa shape index (κ2) is 8.86. The minimum atomic E-state index is -3.81. The third kappa shape index (κ3) is 4.13. The van der Waals surface area contributed by atoms with E-state index in [-0.39, 0.29) is 22.3 Å². The van der Waals surface area contributed by atoms with Gasteiger partial charge in [0, 0.05) is 17.3 Å². The van der Waals surface area contributed by atoms with Gasteiger partial charge in [0.25, 0.3) is 0 Å². The van der Waals surface area contributed by atoms with Crippen molar-refractivity contribution >= 4 is 43.9 Å². The number of nitrogens with one attached hydrogen (secondary N) is 1. The molecule has 1 N–H and O–H groups in total. The maximum absolute atomic E-state index is 13.5. The second-order valence-corrected chi connectivity index (χ2v) is 9.45. The number of fused-ring (bicyclic) bond motifs is 2. The molecule has 0 saturated carbocycles. The van der Waals surface area contributed by atoms with Gasteiger partial charge in [-0.3, -0.25) is 10.00 Å². The number of aromatic nitrogens is 2. The zero-order valence-electron chi connectivity index (χ0n) is 17.0. The molecule has 5 rings (SSSR count). The number of benzene rings is 3. The molecule has 6 nitrogen and oxygen atoms in total. The molecule has 8 heteroatoms. The summed E-state index contributed by atoms with van der Waals surface area (Å²) in [6, 6.07) is 18.2. The molecule has 162 valence electrons. The van der Waals surface area contributed by atoms with E-state index in [9.17, 15) is 8.42 Å². The van der Waals surface area contributed by atoms with Gasteiger partial charge in [-0.2, -0.15) is 5.10 Å². The van der Waals surface area contributed by atoms with Crippen LogP contribution in [-0.2, 0) is 9.84 Å². The molecule has 0 bridgehead atoms. The van der Waals surface area contributed by atoms with Crippen LogP contribution in [0, 0.1) is 0 Å². The Bertz CT molecular complexity index is 1310. The Morgan fingerprint density at radius 1 is 0.968 bits per heavy atom. The summed E-state index contributed by atoms with van der Waals surface area (Å²) in [5.41, 5.74) is 0.667. The summed E-state index contributed by atoms with van der Waals surface area (Å²) in [6.45, 7) is 3.70. The van der Waals surface area contributed by atoms with Crippen molar-refractivity contribution in [2.24, 2.45) is 0 Å². The van der Waals surface area contributed by atoms with Gasteiger partial charge in [-0.1, -0.05) is 36.4 Å². The van der Waals surface area contributed by atoms with Crippen molar-refractivity contribution in [1.29, 1.82) is 0 Å². The summed E-state index contributed by atoms with van der Waals surface area (Å²) >= 11 is 0. The molecule has 0 unspecified atom stereocenters. The first-order valence-corrected chi connectivity index (χ1v) is 11.7. The predicted octanol–water partition coefficient (Wildman–Crippen LogP) is 4.45. The van der Waals surface area contributed by atoms with E-state index in [2.05, 4.69) is 15.1 Å². The molecule has 1 aromatic heterocycles. The van der Waals surface area contributed by atoms with Crippen molar-refractivity contribution in [2.75, 3.05) is 26.2 Å². The molecule has 0 atom stereocenters. The maximum atomic E-state index is 13.5. The van der Waals surface area contributed by atoms with Crippen molar-refractivity contribution in [3.05, 3.63) is 60.7 Å². The van der Waals surface area contributed by atoms with Gasteiger partial charge in [-0.25, -0.2) is 8.42 Å². The summed E-state index contributed by atoms with van der Waals surface area (Å²) in [5, 5.41) is 9.14. The molecule has 1 fully saturated rings. The van der Waals surface area contributed by atoms with Crippen LogP contribution in [0.3, 0.4) is 0 Å². The van der Waals surface area contributed by atoms with Crippen LogP contribution in [0.5, 0.6) is 5.75 Å². The molecule has 0 spiro atoms. The summed E-state index contributed by atoms with van der Waals surface area (Å²) in [7, 11) is -3.81. The zero-order valence-corrected chi connectivity index (χ0v) is 18.6. The van der Waals surface area contributed by atoms with E-state index in [0.29, 0.717) is 28.6 Å². The Morgan fingerprint density at radius 3 is 2.58 bits per heavy atom. The standard InChI is InChI=1S/C23H23N3O3S.ClH/c27-30(28,22-9-5-7-17-6-1-2-8-19(17)22)23-20-16-18(10-11-21(20)24-25-23)29-15-14-26-12-3-4-13-26;/h1-2,5-11,16H,3-4,12-15H2,(H,24,25);1H. The number of sulfone groups is 1. The minimum absolute atomic E-state index is 0. The number of H-pyrrole nitrogens is 1. The van der Waals surface area contributed by atoms with Gasteiger partial charge >= 0.3 is 0 Å². The molecule has 2 heterocycles. The van der Waals surface area contributed by atoms with Crippen molar-refractivity contribution in [1.82, 2.24) is 15.1 Å². The van der Waals surface area contributed by atoms with Gasteiger partial charge in [0.1, 0.15) is 12.4 Å². The average Bonchev–Trinajstić information content (AvgIpc) is 3.43. The van der Waals surface area contributed by atoms with Gasteiger partial charge in [-0.05, 0) is 55.6 Å². The molecule has 3 aromatic carbocycles. The lowest BCUT2D eigenvalue weighted by Gasteiger charge is -2.15. The van der Waals surface area contributed by atoms with E-state index < -0.39 is 9.84 Å². The number of ether oxygens (including phenoxy) is 1. The molecule has 1 aliphatic heterocycles. The van der Waals surface area contributed by atoms with Crippen molar-refractivity contribution in [3.63, 3.8) is 0 Å². The van der Waals surface area contributed by atoms with Crippen LogP contribution in [0.15, 0.2) is 70.6 Å². The molecule has 0 amide bonds. The quantitative estimate of drug-likeness (QED) is 0.463. The molecule has 1 saturated heterocycles. The summed E-state index contributed by atoms with van der Waals surface area (Å²) in [5.74, 6) is 0.650. The smallest absolute Gasteiger partial charge is 0.226 e. The van der Waals surface area contributed by atoms with E-state index in [0.717, 1.165) is 25.0 Å². The van der Waals surface area contributed by atoms with Crippen LogP contribution >= 0.6 is 12.4 Å². The summed E-state index contributed by atoms with van der Waals surface area (Å²) < 4.78 is 32.9. The lowest BCUT2D eigenvalue weighted by atomic mass is 10.1. The van der Waals surface area contributed by atoms with Crippen LogP contribution in [0.1, 0.15) is 12.8 Å². The number of aromatic amines is 1. The Morgan fingerprint density at radius 2 is 1.74 bits per heavy atom. The SMILES string of the molecule is Cl.O=S(=O)(c1cccc2ccccc12)c1n[nH]c2ccc(OCCN3CCCC3)cc12. The van der Waals surface area contributed by atoms with Crippen molar-refractivity contribution < 1.29 is 13.2 Å². The Labute approximate surface area is 187 Å². The fourth-order valence-corrected chi connectivity index (χ4v) is 5.66. The van der Waals surface area contributed by atoms with Crippen molar-refractivity contribution in [3.8, 4) is 5.75 Å². The van der Waals surface area contributed by atoms with Crippen LogP contribution in [-0.4, -0.2) is 49.8 Å². The molecular formula is C23H24ClN3O3S. The highest BCUT2D eigenvalue weighted by molar-refractivity contribution is 7.91. The lowest BCUT2D eigenvalue weighted by molar-refractivity contribution is 0.238. The van der Waals surface area contributed by atoms with Crippen LogP contribution in [0.25, 0.3) is 21.7 Å². The number of hydrogen-bond donors (Lipinski definition) is 1. The third-order valence-electron chi connectivity index (χ3n) is 5.67. The molecule has 1 aliphatic rings. The van der Waals surface area contributed by atoms with Crippen LogP contribution < -0.4 is 4.74 Å². The van der Waals surface area contributed by atoms with E-state index in [1.54, 1.807) is 18.2 Å². The highest BCUT2D eigenvalue weighted by Crippen LogP contribution is 2.32. The number of likely N-dealkylation sites (tertiary alicyclic amines) is 1. The Kier molecular flexibility index (Phi) is 6.18. The fourth-order valence-electron chi connectivity index (χ4n) is 4.10. The normalized spacial score (nSPS) is 14.7. The zero-order chi connectivity index (χ0) is 20.6. The molecular weight excluding hydrogens is 434 g/mol. The van der Waals surface area contributed by atoms with Crippen molar-refractivity contribution in [2.45, 2.75) is 22.8 Å². The van der Waals surface area contributed by atoms with Gasteiger partial charge in [0.2, 0.25) is 9.84 Å². The van der Waals surface area contributed by atoms with Gasteiger partial charge in [0.05, 0.1) is 10.4 Å². The third-order valence-corrected chi connectivity index (χ3v) is 7.42. The largest absolute Gasteiger partial charge is 0.492 e. The first-order chi connectivity index (χ1) is 14.6. The number of rotatable bonds is 6. The van der Waals surface area contributed by atoms with Gasteiger partial charge < -0.3 is 4.74 Å². The van der Waals surface area contributed by atoms with E-state index in [1.807, 2.05) is 42.5 Å². The predicted molar refractivity (Wildman–Crippen MR) is 124 cm³/mol. The van der Waals surface area contributed by atoms with Gasteiger partial charge in [0.15, 0.2) is 5.03 Å². The highest BCUT2D eigenvalue weighted by Gasteiger charge is 2.26. The maximum Gasteiger partial charge on any atom is 0.226 e.